The third-order valence-electron chi connectivity index (χ3n) is 2.41. The lowest BCUT2D eigenvalue weighted by molar-refractivity contribution is 0.0945. The Morgan fingerprint density at radius 1 is 1.28 bits per heavy atom. The van der Waals surface area contributed by atoms with Crippen LogP contribution in [0.2, 0.25) is 5.15 Å². The Kier molecular flexibility index (Phi) is 3.89. The monoisotopic (exact) mass is 261 g/mol. The number of halogens is 1. The van der Waals surface area contributed by atoms with Crippen LogP contribution >= 0.6 is 11.6 Å². The summed E-state index contributed by atoms with van der Waals surface area (Å²) in [4.78, 5) is 19.5. The smallest absolute Gasteiger partial charge is 0.271 e. The van der Waals surface area contributed by atoms with Crippen LogP contribution in [0.5, 0.6) is 0 Å². The predicted octanol–water partition coefficient (Wildman–Crippen LogP) is 2.37. The zero-order chi connectivity index (χ0) is 13.0. The maximum absolute atomic E-state index is 11.8. The van der Waals surface area contributed by atoms with Gasteiger partial charge in [-0.2, -0.15) is 0 Å². The van der Waals surface area contributed by atoms with Crippen molar-refractivity contribution in [1.82, 2.24) is 15.3 Å². The minimum atomic E-state index is -0.287. The largest absolute Gasteiger partial charge is 0.347 e. The van der Waals surface area contributed by atoms with Gasteiger partial charge in [0.25, 0.3) is 5.91 Å². The molecular weight excluding hydrogens is 250 g/mol. The molecule has 1 N–H and O–H groups in total. The minimum absolute atomic E-state index is 0.206. The lowest BCUT2D eigenvalue weighted by Crippen LogP contribution is -2.24. The molecule has 0 aliphatic heterocycles. The molecule has 0 atom stereocenters. The van der Waals surface area contributed by atoms with Gasteiger partial charge >= 0.3 is 0 Å². The van der Waals surface area contributed by atoms with Crippen molar-refractivity contribution in [2.75, 3.05) is 0 Å². The van der Waals surface area contributed by atoms with Crippen LogP contribution in [-0.4, -0.2) is 15.9 Å². The number of amides is 1. The normalized spacial score (nSPS) is 10.1. The fourth-order valence-corrected chi connectivity index (χ4v) is 1.58. The maximum Gasteiger partial charge on any atom is 0.271 e. The first kappa shape index (κ1) is 12.5. The van der Waals surface area contributed by atoms with Crippen LogP contribution in [0, 0.1) is 6.92 Å². The SMILES string of the molecule is Cc1ccc(CNC(=O)c2cncc(Cl)n2)cc1. The second-order valence-corrected chi connectivity index (χ2v) is 4.28. The highest BCUT2D eigenvalue weighted by Crippen LogP contribution is 2.04. The third-order valence-corrected chi connectivity index (χ3v) is 2.59. The minimum Gasteiger partial charge on any atom is -0.347 e. The highest BCUT2D eigenvalue weighted by atomic mass is 35.5. The molecule has 1 aromatic carbocycles. The van der Waals surface area contributed by atoms with Crippen molar-refractivity contribution in [2.45, 2.75) is 13.5 Å². The Balaban J connectivity index is 1.98. The molecule has 0 saturated carbocycles. The van der Waals surface area contributed by atoms with E-state index < -0.39 is 0 Å². The van der Waals surface area contributed by atoms with Gasteiger partial charge in [0, 0.05) is 6.54 Å². The van der Waals surface area contributed by atoms with E-state index in [4.69, 9.17) is 11.6 Å². The van der Waals surface area contributed by atoms with E-state index in [1.54, 1.807) is 0 Å². The summed E-state index contributed by atoms with van der Waals surface area (Å²) < 4.78 is 0. The molecule has 0 spiro atoms. The first-order valence-corrected chi connectivity index (χ1v) is 5.84. The number of aryl methyl sites for hydroxylation is 1. The molecule has 18 heavy (non-hydrogen) atoms. The van der Waals surface area contributed by atoms with E-state index in [9.17, 15) is 4.79 Å². The van der Waals surface area contributed by atoms with Gasteiger partial charge in [-0.25, -0.2) is 4.98 Å². The van der Waals surface area contributed by atoms with Gasteiger partial charge < -0.3 is 5.32 Å². The number of carbonyl (C=O) groups is 1. The summed E-state index contributed by atoms with van der Waals surface area (Å²) in [6.07, 6.45) is 2.77. The summed E-state index contributed by atoms with van der Waals surface area (Å²) in [6.45, 7) is 2.47. The van der Waals surface area contributed by atoms with E-state index in [1.807, 2.05) is 31.2 Å². The van der Waals surface area contributed by atoms with Crippen molar-refractivity contribution in [3.05, 3.63) is 58.6 Å². The van der Waals surface area contributed by atoms with Gasteiger partial charge in [0.1, 0.15) is 10.8 Å². The van der Waals surface area contributed by atoms with Crippen LogP contribution in [-0.2, 0) is 6.54 Å². The van der Waals surface area contributed by atoms with E-state index in [0.29, 0.717) is 6.54 Å². The standard InChI is InChI=1S/C13H12ClN3O/c1-9-2-4-10(5-3-9)6-16-13(18)11-7-15-8-12(14)17-11/h2-5,7-8H,6H2,1H3,(H,16,18). The van der Waals surface area contributed by atoms with Gasteiger partial charge in [0.15, 0.2) is 0 Å². The molecule has 1 amide bonds. The van der Waals surface area contributed by atoms with Gasteiger partial charge in [0.05, 0.1) is 12.4 Å². The molecule has 1 heterocycles. The molecule has 92 valence electrons. The highest BCUT2D eigenvalue weighted by molar-refractivity contribution is 6.29. The summed E-state index contributed by atoms with van der Waals surface area (Å²) in [5.74, 6) is -0.287. The lowest BCUT2D eigenvalue weighted by Gasteiger charge is -2.05. The average Bonchev–Trinajstić information content (AvgIpc) is 2.38. The molecule has 1 aromatic heterocycles. The molecule has 0 radical (unpaired) electrons. The Hall–Kier alpha value is -1.94. The molecule has 2 aromatic rings. The number of benzene rings is 1. The molecule has 0 aliphatic carbocycles. The van der Waals surface area contributed by atoms with Crippen LogP contribution in [0.4, 0.5) is 0 Å². The topological polar surface area (TPSA) is 54.9 Å². The number of carbonyl (C=O) groups excluding carboxylic acids is 1. The highest BCUT2D eigenvalue weighted by Gasteiger charge is 2.07. The van der Waals surface area contributed by atoms with Gasteiger partial charge in [-0.1, -0.05) is 41.4 Å². The van der Waals surface area contributed by atoms with Gasteiger partial charge in [-0.05, 0) is 12.5 Å². The molecule has 0 saturated heterocycles. The number of rotatable bonds is 3. The zero-order valence-corrected chi connectivity index (χ0v) is 10.6. The number of nitrogens with zero attached hydrogens (tertiary/aromatic N) is 2. The van der Waals surface area contributed by atoms with Crippen LogP contribution in [0.3, 0.4) is 0 Å². The van der Waals surface area contributed by atoms with Crippen molar-refractivity contribution in [3.63, 3.8) is 0 Å². The van der Waals surface area contributed by atoms with Crippen molar-refractivity contribution in [1.29, 1.82) is 0 Å². The van der Waals surface area contributed by atoms with E-state index in [1.165, 1.54) is 18.0 Å². The Morgan fingerprint density at radius 3 is 2.67 bits per heavy atom. The Morgan fingerprint density at radius 2 is 2.00 bits per heavy atom. The van der Waals surface area contributed by atoms with Gasteiger partial charge in [-0.15, -0.1) is 0 Å². The molecule has 2 rings (SSSR count). The summed E-state index contributed by atoms with van der Waals surface area (Å²) >= 11 is 5.67. The summed E-state index contributed by atoms with van der Waals surface area (Å²) in [7, 11) is 0. The lowest BCUT2D eigenvalue weighted by atomic mass is 10.1. The number of nitrogens with one attached hydrogen (secondary N) is 1. The predicted molar refractivity (Wildman–Crippen MR) is 69.4 cm³/mol. The van der Waals surface area contributed by atoms with E-state index in [-0.39, 0.29) is 16.8 Å². The average molecular weight is 262 g/mol. The van der Waals surface area contributed by atoms with Crippen molar-refractivity contribution in [2.24, 2.45) is 0 Å². The summed E-state index contributed by atoms with van der Waals surface area (Å²) in [6, 6.07) is 7.94. The fraction of sp³-hybridized carbons (Fsp3) is 0.154. The molecule has 0 unspecified atom stereocenters. The van der Waals surface area contributed by atoms with Gasteiger partial charge in [-0.3, -0.25) is 9.78 Å². The Labute approximate surface area is 110 Å². The number of aromatic nitrogens is 2. The number of hydrogen-bond donors (Lipinski definition) is 1. The second-order valence-electron chi connectivity index (χ2n) is 3.90. The first-order valence-electron chi connectivity index (χ1n) is 5.46. The Bertz CT molecular complexity index is 554. The van der Waals surface area contributed by atoms with E-state index >= 15 is 0 Å². The molecule has 0 fully saturated rings. The first-order chi connectivity index (χ1) is 8.65. The number of hydrogen-bond acceptors (Lipinski definition) is 3. The van der Waals surface area contributed by atoms with Crippen molar-refractivity contribution in [3.8, 4) is 0 Å². The molecule has 5 heteroatoms. The molecular formula is C13H12ClN3O. The molecule has 0 aliphatic rings. The second kappa shape index (κ2) is 5.60. The van der Waals surface area contributed by atoms with Crippen LogP contribution < -0.4 is 5.32 Å². The zero-order valence-electron chi connectivity index (χ0n) is 9.85. The van der Waals surface area contributed by atoms with E-state index in [0.717, 1.165) is 5.56 Å². The van der Waals surface area contributed by atoms with Crippen LogP contribution in [0.1, 0.15) is 21.6 Å². The van der Waals surface area contributed by atoms with Gasteiger partial charge in [0.2, 0.25) is 0 Å². The van der Waals surface area contributed by atoms with Crippen molar-refractivity contribution < 1.29 is 4.79 Å². The van der Waals surface area contributed by atoms with Crippen LogP contribution in [0.15, 0.2) is 36.7 Å². The van der Waals surface area contributed by atoms with Crippen LogP contribution in [0.25, 0.3) is 0 Å². The summed E-state index contributed by atoms with van der Waals surface area (Å²) in [5.41, 5.74) is 2.43. The maximum atomic E-state index is 11.8. The molecule has 0 bridgehead atoms. The van der Waals surface area contributed by atoms with E-state index in [2.05, 4.69) is 15.3 Å². The van der Waals surface area contributed by atoms with Crippen molar-refractivity contribution >= 4 is 17.5 Å². The molecule has 4 nitrogen and oxygen atoms in total. The third kappa shape index (κ3) is 3.28. The fourth-order valence-electron chi connectivity index (χ4n) is 1.43. The summed E-state index contributed by atoms with van der Waals surface area (Å²) in [5, 5.41) is 2.97. The quantitative estimate of drug-likeness (QED) is 0.923.